The fourth-order valence-electron chi connectivity index (χ4n) is 3.07. The lowest BCUT2D eigenvalue weighted by molar-refractivity contribution is 0.394. The summed E-state index contributed by atoms with van der Waals surface area (Å²) in [6, 6.07) is 6.68. The molecule has 3 rings (SSSR count). The number of benzene rings is 1. The molecule has 7 heteroatoms. The van der Waals surface area contributed by atoms with E-state index < -0.39 is 0 Å². The van der Waals surface area contributed by atoms with E-state index in [0.717, 1.165) is 42.8 Å². The molecule has 1 aliphatic carbocycles. The maximum atomic E-state index is 5.38. The molecule has 0 radical (unpaired) electrons. The van der Waals surface area contributed by atoms with Gasteiger partial charge >= 0.3 is 0 Å². The Kier molecular flexibility index (Phi) is 7.46. The quantitative estimate of drug-likeness (QED) is 0.388. The Balaban J connectivity index is 0.00000225. The monoisotopic (exact) mass is 460 g/mol. The molecule has 0 bridgehead atoms. The van der Waals surface area contributed by atoms with E-state index in [1.54, 1.807) is 14.2 Å². The molecule has 1 aromatic carbocycles. The lowest BCUT2D eigenvalue weighted by Gasteiger charge is -2.21. The molecule has 2 fully saturated rings. The Morgan fingerprint density at radius 3 is 2.40 bits per heavy atom. The van der Waals surface area contributed by atoms with Crippen LogP contribution in [0.3, 0.4) is 0 Å². The second kappa shape index (κ2) is 9.35. The highest BCUT2D eigenvalue weighted by Crippen LogP contribution is 2.31. The van der Waals surface area contributed by atoms with Crippen LogP contribution in [0.25, 0.3) is 0 Å². The number of rotatable bonds is 6. The number of halogens is 1. The molecule has 0 spiro atoms. The second-order valence-electron chi connectivity index (χ2n) is 6.54. The van der Waals surface area contributed by atoms with Crippen LogP contribution in [0.1, 0.15) is 19.3 Å². The minimum atomic E-state index is 0. The van der Waals surface area contributed by atoms with Gasteiger partial charge in [-0.05, 0) is 25.2 Å². The molecule has 25 heavy (non-hydrogen) atoms. The third kappa shape index (κ3) is 5.55. The molecule has 1 saturated carbocycles. The van der Waals surface area contributed by atoms with Crippen LogP contribution in [0, 0.1) is 5.92 Å². The van der Waals surface area contributed by atoms with Gasteiger partial charge in [-0.1, -0.05) is 0 Å². The van der Waals surface area contributed by atoms with E-state index in [9.17, 15) is 0 Å². The third-order valence-electron chi connectivity index (χ3n) is 4.69. The van der Waals surface area contributed by atoms with Gasteiger partial charge in [0.05, 0.1) is 14.2 Å². The molecular formula is C18H29IN4O2. The normalized spacial score (nSPS) is 20.0. The van der Waals surface area contributed by atoms with Crippen LogP contribution in [-0.4, -0.2) is 52.9 Å². The van der Waals surface area contributed by atoms with Crippen LogP contribution in [0.15, 0.2) is 23.2 Å². The molecule has 140 valence electrons. The highest BCUT2D eigenvalue weighted by molar-refractivity contribution is 14.0. The van der Waals surface area contributed by atoms with Gasteiger partial charge in [0.15, 0.2) is 5.96 Å². The topological polar surface area (TPSA) is 58.1 Å². The Labute approximate surface area is 167 Å². The number of ether oxygens (including phenoxy) is 2. The van der Waals surface area contributed by atoms with Crippen LogP contribution in [0.4, 0.5) is 5.69 Å². The number of guanidine groups is 1. The number of hydrogen-bond acceptors (Lipinski definition) is 4. The summed E-state index contributed by atoms with van der Waals surface area (Å²) in [6.45, 7) is 3.03. The van der Waals surface area contributed by atoms with E-state index in [0.29, 0.717) is 12.0 Å². The minimum absolute atomic E-state index is 0. The predicted octanol–water partition coefficient (Wildman–Crippen LogP) is 2.48. The number of hydrogen-bond donors (Lipinski definition) is 2. The van der Waals surface area contributed by atoms with Crippen molar-refractivity contribution < 1.29 is 9.47 Å². The zero-order chi connectivity index (χ0) is 16.9. The van der Waals surface area contributed by atoms with Crippen LogP contribution < -0.4 is 25.0 Å². The largest absolute Gasteiger partial charge is 0.497 e. The van der Waals surface area contributed by atoms with Crippen molar-refractivity contribution in [2.45, 2.75) is 25.3 Å². The Hall–Kier alpha value is -1.38. The van der Waals surface area contributed by atoms with E-state index >= 15 is 0 Å². The summed E-state index contributed by atoms with van der Waals surface area (Å²) >= 11 is 0. The van der Waals surface area contributed by atoms with Crippen molar-refractivity contribution in [3.63, 3.8) is 0 Å². The van der Waals surface area contributed by atoms with Crippen molar-refractivity contribution in [2.75, 3.05) is 45.8 Å². The summed E-state index contributed by atoms with van der Waals surface area (Å²) in [5.41, 5.74) is 1.16. The van der Waals surface area contributed by atoms with Crippen molar-refractivity contribution in [1.29, 1.82) is 0 Å². The summed E-state index contributed by atoms with van der Waals surface area (Å²) < 4.78 is 10.8. The van der Waals surface area contributed by atoms with Crippen molar-refractivity contribution in [2.24, 2.45) is 10.9 Å². The molecule has 6 nitrogen and oxygen atoms in total. The van der Waals surface area contributed by atoms with Gasteiger partial charge in [0.1, 0.15) is 11.5 Å². The molecule has 1 atom stereocenters. The predicted molar refractivity (Wildman–Crippen MR) is 113 cm³/mol. The van der Waals surface area contributed by atoms with Gasteiger partial charge in [0.2, 0.25) is 0 Å². The minimum Gasteiger partial charge on any atom is -0.497 e. The van der Waals surface area contributed by atoms with Crippen LogP contribution in [0.2, 0.25) is 0 Å². The maximum Gasteiger partial charge on any atom is 0.191 e. The van der Waals surface area contributed by atoms with Gasteiger partial charge in [-0.3, -0.25) is 4.99 Å². The maximum absolute atomic E-state index is 5.38. The lowest BCUT2D eigenvalue weighted by Crippen LogP contribution is -2.41. The number of nitrogens with one attached hydrogen (secondary N) is 2. The number of aliphatic imine (C=N–C) groups is 1. The number of nitrogens with zero attached hydrogens (tertiary/aromatic N) is 2. The van der Waals surface area contributed by atoms with E-state index in [-0.39, 0.29) is 24.0 Å². The fraction of sp³-hybridized carbons (Fsp3) is 0.611. The summed E-state index contributed by atoms with van der Waals surface area (Å²) in [4.78, 5) is 6.70. The van der Waals surface area contributed by atoms with Gasteiger partial charge in [-0.2, -0.15) is 0 Å². The first-order chi connectivity index (χ1) is 11.7. The molecule has 1 aliphatic heterocycles. The molecule has 0 aromatic heterocycles. The highest BCUT2D eigenvalue weighted by atomic mass is 127. The van der Waals surface area contributed by atoms with Gasteiger partial charge < -0.3 is 25.0 Å². The fourth-order valence-corrected chi connectivity index (χ4v) is 3.07. The van der Waals surface area contributed by atoms with Crippen LogP contribution in [-0.2, 0) is 0 Å². The molecule has 2 N–H and O–H groups in total. The summed E-state index contributed by atoms with van der Waals surface area (Å²) in [5, 5.41) is 6.89. The SMILES string of the molecule is CN=C(NCC1CCN(c2cc(OC)cc(OC)c2)C1)NC1CC1.I. The average molecular weight is 460 g/mol. The Morgan fingerprint density at radius 2 is 1.84 bits per heavy atom. The molecule has 1 aromatic rings. The summed E-state index contributed by atoms with van der Waals surface area (Å²) in [6.07, 6.45) is 3.69. The van der Waals surface area contributed by atoms with Crippen LogP contribution >= 0.6 is 24.0 Å². The van der Waals surface area contributed by atoms with Gasteiger partial charge in [-0.25, -0.2) is 0 Å². The first-order valence-electron chi connectivity index (χ1n) is 8.67. The first kappa shape index (κ1) is 19.9. The first-order valence-corrected chi connectivity index (χ1v) is 8.67. The number of methoxy groups -OCH3 is 2. The van der Waals surface area contributed by atoms with Crippen molar-refractivity contribution in [1.82, 2.24) is 10.6 Å². The Morgan fingerprint density at radius 1 is 1.16 bits per heavy atom. The van der Waals surface area contributed by atoms with Crippen molar-refractivity contribution in [3.05, 3.63) is 18.2 Å². The van der Waals surface area contributed by atoms with E-state index in [4.69, 9.17) is 9.47 Å². The molecule has 0 amide bonds. The zero-order valence-electron chi connectivity index (χ0n) is 15.2. The molecule has 1 saturated heterocycles. The molecule has 1 heterocycles. The lowest BCUT2D eigenvalue weighted by atomic mass is 10.1. The number of anilines is 1. The highest BCUT2D eigenvalue weighted by Gasteiger charge is 2.25. The van der Waals surface area contributed by atoms with Gasteiger partial charge in [0, 0.05) is 56.6 Å². The van der Waals surface area contributed by atoms with Crippen molar-refractivity contribution >= 4 is 35.6 Å². The Bertz CT molecular complexity index is 570. The standard InChI is InChI=1S/C18H28N4O2.HI/c1-19-18(21-14-4-5-14)20-11-13-6-7-22(12-13)15-8-16(23-2)10-17(9-15)24-3;/h8-10,13-14H,4-7,11-12H2,1-3H3,(H2,19,20,21);1H. The van der Waals surface area contributed by atoms with E-state index in [2.05, 4.69) is 32.7 Å². The second-order valence-corrected chi connectivity index (χ2v) is 6.54. The van der Waals surface area contributed by atoms with Crippen molar-refractivity contribution in [3.8, 4) is 11.5 Å². The third-order valence-corrected chi connectivity index (χ3v) is 4.69. The molecule has 1 unspecified atom stereocenters. The summed E-state index contributed by atoms with van der Waals surface area (Å²) in [5.74, 6) is 3.21. The summed E-state index contributed by atoms with van der Waals surface area (Å²) in [7, 11) is 5.21. The zero-order valence-corrected chi connectivity index (χ0v) is 17.6. The van der Waals surface area contributed by atoms with E-state index in [1.165, 1.54) is 19.3 Å². The molecular weight excluding hydrogens is 431 g/mol. The van der Waals surface area contributed by atoms with E-state index in [1.807, 2.05) is 13.1 Å². The molecule has 2 aliphatic rings. The van der Waals surface area contributed by atoms with Gasteiger partial charge in [0.25, 0.3) is 0 Å². The van der Waals surface area contributed by atoms with Crippen LogP contribution in [0.5, 0.6) is 11.5 Å². The average Bonchev–Trinajstić information content (AvgIpc) is 3.32. The van der Waals surface area contributed by atoms with Gasteiger partial charge in [-0.15, -0.1) is 24.0 Å². The smallest absolute Gasteiger partial charge is 0.191 e.